The van der Waals surface area contributed by atoms with Crippen molar-refractivity contribution >= 4 is 28.9 Å². The highest BCUT2D eigenvalue weighted by atomic mass is 35.5. The van der Waals surface area contributed by atoms with Crippen LogP contribution in [0.15, 0.2) is 71.0 Å². The van der Waals surface area contributed by atoms with Gasteiger partial charge in [-0.05, 0) is 37.1 Å². The van der Waals surface area contributed by atoms with Crippen LogP contribution in [0.5, 0.6) is 0 Å². The summed E-state index contributed by atoms with van der Waals surface area (Å²) >= 11 is 6.88. The maximum Gasteiger partial charge on any atom is 0.253 e. The Morgan fingerprint density at radius 1 is 0.897 bits per heavy atom. The number of halogens is 1. The summed E-state index contributed by atoms with van der Waals surface area (Å²) in [6, 6.07) is 16.5. The van der Waals surface area contributed by atoms with Crippen molar-refractivity contribution in [3.63, 3.8) is 0 Å². The number of piperazine rings is 1. The lowest BCUT2D eigenvalue weighted by atomic mass is 9.97. The predicted octanol–water partition coefficient (Wildman–Crippen LogP) is 3.25. The van der Waals surface area contributed by atoms with E-state index in [-0.39, 0.29) is 22.5 Å². The second-order valence-electron chi connectivity index (χ2n) is 10.0. The van der Waals surface area contributed by atoms with Crippen molar-refractivity contribution in [3.05, 3.63) is 87.7 Å². The summed E-state index contributed by atoms with van der Waals surface area (Å²) in [7, 11) is 0. The van der Waals surface area contributed by atoms with Crippen molar-refractivity contribution in [2.24, 2.45) is 11.5 Å². The van der Waals surface area contributed by atoms with Crippen molar-refractivity contribution in [2.75, 3.05) is 58.9 Å². The molecular formula is C30H40ClN7O. The summed E-state index contributed by atoms with van der Waals surface area (Å²) in [4.78, 5) is 19.7. The number of nitrogens with zero attached hydrogens (tertiary/aromatic N) is 3. The van der Waals surface area contributed by atoms with E-state index in [0.717, 1.165) is 70.8 Å². The fraction of sp³-hybridized carbons (Fsp3) is 0.400. The van der Waals surface area contributed by atoms with Gasteiger partial charge in [0.05, 0.1) is 22.0 Å². The number of allylic oxidation sites excluding steroid dienone is 2. The Kier molecular flexibility index (Phi) is 10.0. The van der Waals surface area contributed by atoms with E-state index in [4.69, 9.17) is 28.5 Å². The molecule has 0 aromatic heterocycles. The van der Waals surface area contributed by atoms with Crippen LogP contribution in [-0.2, 0) is 0 Å². The molecule has 9 heteroatoms. The van der Waals surface area contributed by atoms with E-state index in [1.54, 1.807) is 24.3 Å². The molecule has 2 aromatic carbocycles. The molecular weight excluding hydrogens is 510 g/mol. The van der Waals surface area contributed by atoms with Crippen LogP contribution in [-0.4, -0.2) is 85.2 Å². The molecule has 1 amide bonds. The first-order chi connectivity index (χ1) is 18.9. The van der Waals surface area contributed by atoms with Gasteiger partial charge in [0.25, 0.3) is 5.91 Å². The SMILES string of the molecule is CCN1CCN(CCN/C(N)=C(C(=N)c2cccc(C(=O)N3CCCC3)c2)/C(Cl)=C(\N)c2ccccc2)CC1. The molecule has 0 unspecified atom stereocenters. The predicted molar refractivity (Wildman–Crippen MR) is 160 cm³/mol. The monoisotopic (exact) mass is 549 g/mol. The zero-order chi connectivity index (χ0) is 27.8. The quantitative estimate of drug-likeness (QED) is 0.267. The van der Waals surface area contributed by atoms with E-state index in [1.165, 1.54) is 0 Å². The number of hydrogen-bond acceptors (Lipinski definition) is 7. The van der Waals surface area contributed by atoms with Crippen molar-refractivity contribution < 1.29 is 4.79 Å². The molecule has 2 aliphatic heterocycles. The Bertz CT molecular complexity index is 1210. The van der Waals surface area contributed by atoms with Crippen molar-refractivity contribution in [1.82, 2.24) is 20.0 Å². The molecule has 39 heavy (non-hydrogen) atoms. The third-order valence-electron chi connectivity index (χ3n) is 7.51. The smallest absolute Gasteiger partial charge is 0.253 e. The average molecular weight is 550 g/mol. The largest absolute Gasteiger partial charge is 0.397 e. The third kappa shape index (κ3) is 7.20. The number of likely N-dealkylation sites (N-methyl/N-ethyl adjacent to an activating group) is 1. The van der Waals surface area contributed by atoms with Crippen LogP contribution in [0.25, 0.3) is 5.70 Å². The van der Waals surface area contributed by atoms with Crippen LogP contribution in [0.4, 0.5) is 0 Å². The van der Waals surface area contributed by atoms with Gasteiger partial charge in [0.2, 0.25) is 0 Å². The minimum atomic E-state index is -0.0209. The lowest BCUT2D eigenvalue weighted by molar-refractivity contribution is 0.0793. The fourth-order valence-corrected chi connectivity index (χ4v) is 5.37. The molecule has 4 rings (SSSR count). The Morgan fingerprint density at radius 3 is 2.18 bits per heavy atom. The van der Waals surface area contributed by atoms with Crippen LogP contribution in [0.2, 0.25) is 0 Å². The maximum atomic E-state index is 13.0. The lowest BCUT2D eigenvalue weighted by Crippen LogP contribution is -2.48. The molecule has 0 bridgehead atoms. The van der Waals surface area contributed by atoms with Crippen LogP contribution in [0, 0.1) is 5.41 Å². The molecule has 0 saturated carbocycles. The number of nitrogens with one attached hydrogen (secondary N) is 2. The molecule has 0 radical (unpaired) electrons. The highest BCUT2D eigenvalue weighted by molar-refractivity contribution is 6.40. The van der Waals surface area contributed by atoms with Crippen LogP contribution < -0.4 is 16.8 Å². The number of rotatable bonds is 10. The first kappa shape index (κ1) is 28.7. The number of carbonyl (C=O) groups excluding carboxylic acids is 1. The number of amides is 1. The minimum Gasteiger partial charge on any atom is -0.397 e. The fourth-order valence-electron chi connectivity index (χ4n) is 5.06. The normalized spacial score (nSPS) is 17.9. The molecule has 6 N–H and O–H groups in total. The number of hydrogen-bond donors (Lipinski definition) is 4. The molecule has 0 spiro atoms. The van der Waals surface area contributed by atoms with Gasteiger partial charge in [-0.15, -0.1) is 0 Å². The van der Waals surface area contributed by atoms with E-state index in [9.17, 15) is 4.79 Å². The molecule has 2 heterocycles. The lowest BCUT2D eigenvalue weighted by Gasteiger charge is -2.34. The van der Waals surface area contributed by atoms with Gasteiger partial charge in [0.15, 0.2) is 0 Å². The van der Waals surface area contributed by atoms with Gasteiger partial charge >= 0.3 is 0 Å². The number of likely N-dealkylation sites (tertiary alicyclic amines) is 1. The summed E-state index contributed by atoms with van der Waals surface area (Å²) in [6.07, 6.45) is 2.04. The summed E-state index contributed by atoms with van der Waals surface area (Å²) in [6.45, 7) is 10.4. The zero-order valence-electron chi connectivity index (χ0n) is 22.8. The second-order valence-corrected chi connectivity index (χ2v) is 10.4. The highest BCUT2D eigenvalue weighted by Gasteiger charge is 2.23. The molecule has 8 nitrogen and oxygen atoms in total. The van der Waals surface area contributed by atoms with E-state index >= 15 is 0 Å². The average Bonchev–Trinajstić information content (AvgIpc) is 3.52. The van der Waals surface area contributed by atoms with Gasteiger partial charge in [-0.1, -0.05) is 61.0 Å². The summed E-state index contributed by atoms with van der Waals surface area (Å²) in [5.41, 5.74) is 15.7. The van der Waals surface area contributed by atoms with E-state index < -0.39 is 0 Å². The summed E-state index contributed by atoms with van der Waals surface area (Å²) in [5.74, 6) is 0.264. The topological polar surface area (TPSA) is 115 Å². The van der Waals surface area contributed by atoms with Gasteiger partial charge in [0.1, 0.15) is 5.82 Å². The molecule has 2 saturated heterocycles. The third-order valence-corrected chi connectivity index (χ3v) is 7.90. The van der Waals surface area contributed by atoms with Crippen LogP contribution in [0.3, 0.4) is 0 Å². The van der Waals surface area contributed by atoms with E-state index in [0.29, 0.717) is 28.9 Å². The Labute approximate surface area is 236 Å². The Morgan fingerprint density at radius 2 is 1.51 bits per heavy atom. The van der Waals surface area contributed by atoms with Gasteiger partial charge in [0, 0.05) is 63.5 Å². The van der Waals surface area contributed by atoms with E-state index in [1.807, 2.05) is 35.2 Å². The maximum absolute atomic E-state index is 13.0. The summed E-state index contributed by atoms with van der Waals surface area (Å²) < 4.78 is 0. The molecule has 2 aliphatic rings. The number of nitrogens with two attached hydrogens (primary N) is 2. The van der Waals surface area contributed by atoms with Crippen molar-refractivity contribution in [2.45, 2.75) is 19.8 Å². The molecule has 0 atom stereocenters. The standard InChI is InChI=1S/C30H40ClN7O/c1-2-36-17-19-37(20-18-36)16-13-35-29(34)25(26(31)28(33)22-9-4-3-5-10-22)27(32)23-11-8-12-24(21-23)30(39)38-14-6-7-15-38/h3-5,8-12,21,32,35H,2,6-7,13-20,33-34H2,1H3/b28-26+,29-25-,32-27?. The van der Waals surface area contributed by atoms with Crippen molar-refractivity contribution in [3.8, 4) is 0 Å². The van der Waals surface area contributed by atoms with Gasteiger partial charge < -0.3 is 26.6 Å². The Hall–Kier alpha value is -3.33. The van der Waals surface area contributed by atoms with Gasteiger partial charge in [-0.2, -0.15) is 0 Å². The highest BCUT2D eigenvalue weighted by Crippen LogP contribution is 2.28. The van der Waals surface area contributed by atoms with Crippen LogP contribution >= 0.6 is 11.6 Å². The first-order valence-electron chi connectivity index (χ1n) is 13.8. The zero-order valence-corrected chi connectivity index (χ0v) is 23.5. The second kappa shape index (κ2) is 13.6. The molecule has 2 aromatic rings. The van der Waals surface area contributed by atoms with Gasteiger partial charge in [-0.3, -0.25) is 15.1 Å². The minimum absolute atomic E-state index is 0.0209. The first-order valence-corrected chi connectivity index (χ1v) is 14.1. The summed E-state index contributed by atoms with van der Waals surface area (Å²) in [5, 5.41) is 12.6. The Balaban J connectivity index is 1.59. The van der Waals surface area contributed by atoms with Gasteiger partial charge in [-0.25, -0.2) is 0 Å². The van der Waals surface area contributed by atoms with E-state index in [2.05, 4.69) is 22.0 Å². The molecule has 0 aliphatic carbocycles. The van der Waals surface area contributed by atoms with Crippen molar-refractivity contribution in [1.29, 1.82) is 5.41 Å². The van der Waals surface area contributed by atoms with Crippen LogP contribution in [0.1, 0.15) is 41.3 Å². The number of benzene rings is 2. The number of carbonyl (C=O) groups is 1. The molecule has 208 valence electrons. The molecule has 2 fully saturated rings.